The Labute approximate surface area is 88.4 Å². The van der Waals surface area contributed by atoms with Crippen molar-refractivity contribution in [2.24, 2.45) is 0 Å². The number of benzene rings is 1. The Hall–Kier alpha value is -1.90. The molecule has 1 aromatic heterocycles. The van der Waals surface area contributed by atoms with Crippen molar-refractivity contribution >= 4 is 16.9 Å². The highest BCUT2D eigenvalue weighted by atomic mass is 16.4. The third-order valence-electron chi connectivity index (χ3n) is 1.82. The molecule has 0 amide bonds. The quantitative estimate of drug-likeness (QED) is 0.775. The number of carboxylic acid groups (broad SMARTS) is 1. The number of carboxylic acids is 1. The first kappa shape index (κ1) is 11.2. The molecule has 15 heavy (non-hydrogen) atoms. The van der Waals surface area contributed by atoms with E-state index in [1.54, 1.807) is 12.1 Å². The minimum atomic E-state index is -0.995. The van der Waals surface area contributed by atoms with E-state index in [4.69, 9.17) is 5.11 Å². The second-order valence-electron chi connectivity index (χ2n) is 2.69. The van der Waals surface area contributed by atoms with Crippen LogP contribution in [0.2, 0.25) is 0 Å². The largest absolute Gasteiger partial charge is 0.477 e. The predicted octanol–water partition coefficient (Wildman–Crippen LogP) is 2.96. The van der Waals surface area contributed by atoms with Gasteiger partial charge in [0, 0.05) is 5.39 Å². The molecule has 0 bridgehead atoms. The maximum Gasteiger partial charge on any atom is 0.354 e. The molecule has 0 saturated carbocycles. The lowest BCUT2D eigenvalue weighted by Gasteiger charge is -1.97. The third kappa shape index (κ3) is 2.53. The molecule has 2 aromatic rings. The second kappa shape index (κ2) is 5.10. The van der Waals surface area contributed by atoms with Crippen LogP contribution in [0.4, 0.5) is 0 Å². The average molecular weight is 203 g/mol. The molecule has 0 aliphatic rings. The predicted molar refractivity (Wildman–Crippen MR) is 60.1 cm³/mol. The van der Waals surface area contributed by atoms with Gasteiger partial charge in [-0.25, -0.2) is 9.78 Å². The van der Waals surface area contributed by atoms with Gasteiger partial charge in [0.25, 0.3) is 0 Å². The first-order chi connectivity index (χ1) is 7.27. The van der Waals surface area contributed by atoms with Gasteiger partial charge in [0.05, 0.1) is 5.52 Å². The van der Waals surface area contributed by atoms with E-state index < -0.39 is 5.97 Å². The summed E-state index contributed by atoms with van der Waals surface area (Å²) < 4.78 is 0. The summed E-state index contributed by atoms with van der Waals surface area (Å²) in [5, 5.41) is 9.63. The highest BCUT2D eigenvalue weighted by Crippen LogP contribution is 2.11. The van der Waals surface area contributed by atoms with Crippen molar-refractivity contribution in [1.82, 2.24) is 4.98 Å². The molecular weight excluding hydrogens is 190 g/mol. The van der Waals surface area contributed by atoms with Crippen molar-refractivity contribution < 1.29 is 9.90 Å². The normalized spacial score (nSPS) is 9.20. The molecule has 0 spiro atoms. The lowest BCUT2D eigenvalue weighted by atomic mass is 10.2. The summed E-state index contributed by atoms with van der Waals surface area (Å²) in [5.41, 5.74) is 0.793. The number of nitrogens with zero attached hydrogens (tertiary/aromatic N) is 1. The summed E-state index contributed by atoms with van der Waals surface area (Å²) in [4.78, 5) is 14.6. The van der Waals surface area contributed by atoms with Gasteiger partial charge >= 0.3 is 5.97 Å². The summed E-state index contributed by atoms with van der Waals surface area (Å²) in [6.07, 6.45) is 0. The van der Waals surface area contributed by atoms with Crippen molar-refractivity contribution in [3.63, 3.8) is 0 Å². The molecule has 0 aliphatic heterocycles. The molecule has 0 radical (unpaired) electrons. The van der Waals surface area contributed by atoms with Crippen LogP contribution in [0.3, 0.4) is 0 Å². The number of carbonyl (C=O) groups is 1. The molecule has 0 saturated heterocycles. The first-order valence-corrected chi connectivity index (χ1v) is 4.86. The molecular formula is C12H13NO2. The van der Waals surface area contributed by atoms with Gasteiger partial charge in [0.2, 0.25) is 0 Å². The van der Waals surface area contributed by atoms with Gasteiger partial charge in [-0.1, -0.05) is 38.1 Å². The van der Waals surface area contributed by atoms with Crippen LogP contribution in [-0.4, -0.2) is 16.1 Å². The Balaban J connectivity index is 0.000000531. The van der Waals surface area contributed by atoms with Crippen LogP contribution in [0.15, 0.2) is 36.4 Å². The Bertz CT molecular complexity index is 466. The molecule has 1 aromatic carbocycles. The van der Waals surface area contributed by atoms with E-state index in [0.717, 1.165) is 5.39 Å². The fraction of sp³-hybridized carbons (Fsp3) is 0.167. The van der Waals surface area contributed by atoms with Crippen LogP contribution >= 0.6 is 0 Å². The van der Waals surface area contributed by atoms with Gasteiger partial charge in [0.1, 0.15) is 5.69 Å². The topological polar surface area (TPSA) is 50.2 Å². The minimum Gasteiger partial charge on any atom is -0.477 e. The molecule has 3 nitrogen and oxygen atoms in total. The average Bonchev–Trinajstić information content (AvgIpc) is 2.31. The first-order valence-electron chi connectivity index (χ1n) is 4.86. The highest BCUT2D eigenvalue weighted by Gasteiger charge is 2.03. The smallest absolute Gasteiger partial charge is 0.354 e. The standard InChI is InChI=1S/C10H7NO2.C2H6/c12-10(13)9-6-5-7-3-1-2-4-8(7)11-9;1-2/h1-6H,(H,12,13);1-2H3. The van der Waals surface area contributed by atoms with Crippen LogP contribution in [0.1, 0.15) is 24.3 Å². The Morgan fingerprint density at radius 1 is 1.13 bits per heavy atom. The number of para-hydroxylation sites is 1. The summed E-state index contributed by atoms with van der Waals surface area (Å²) >= 11 is 0. The van der Waals surface area contributed by atoms with Crippen LogP contribution in [0, 0.1) is 0 Å². The zero-order chi connectivity index (χ0) is 11.3. The molecule has 2 rings (SSSR count). The Morgan fingerprint density at radius 3 is 2.47 bits per heavy atom. The van der Waals surface area contributed by atoms with Gasteiger partial charge in [-0.15, -0.1) is 0 Å². The summed E-state index contributed by atoms with van der Waals surface area (Å²) in [6.45, 7) is 4.00. The lowest BCUT2D eigenvalue weighted by Crippen LogP contribution is -1.99. The van der Waals surface area contributed by atoms with Crippen molar-refractivity contribution in [2.75, 3.05) is 0 Å². The lowest BCUT2D eigenvalue weighted by molar-refractivity contribution is 0.0691. The molecule has 0 atom stereocenters. The summed E-state index contributed by atoms with van der Waals surface area (Å²) in [6, 6.07) is 10.7. The molecule has 1 N–H and O–H groups in total. The van der Waals surface area contributed by atoms with Gasteiger partial charge in [-0.2, -0.15) is 0 Å². The third-order valence-corrected chi connectivity index (χ3v) is 1.82. The van der Waals surface area contributed by atoms with Gasteiger partial charge in [-0.3, -0.25) is 0 Å². The highest BCUT2D eigenvalue weighted by molar-refractivity contribution is 5.89. The van der Waals surface area contributed by atoms with Gasteiger partial charge in [0.15, 0.2) is 0 Å². The maximum absolute atomic E-state index is 10.6. The zero-order valence-corrected chi connectivity index (χ0v) is 8.77. The molecule has 78 valence electrons. The van der Waals surface area contributed by atoms with Crippen LogP contribution in [0.5, 0.6) is 0 Å². The molecule has 0 fully saturated rings. The monoisotopic (exact) mass is 203 g/mol. The number of pyridine rings is 1. The van der Waals surface area contributed by atoms with Crippen LogP contribution in [-0.2, 0) is 0 Å². The van der Waals surface area contributed by atoms with Crippen molar-refractivity contribution in [3.8, 4) is 0 Å². The van der Waals surface area contributed by atoms with Crippen LogP contribution < -0.4 is 0 Å². The van der Waals surface area contributed by atoms with E-state index in [-0.39, 0.29) is 5.69 Å². The van der Waals surface area contributed by atoms with E-state index in [1.165, 1.54) is 6.07 Å². The number of hydrogen-bond acceptors (Lipinski definition) is 2. The van der Waals surface area contributed by atoms with E-state index >= 15 is 0 Å². The second-order valence-corrected chi connectivity index (χ2v) is 2.69. The summed E-state index contributed by atoms with van der Waals surface area (Å²) in [7, 11) is 0. The van der Waals surface area contributed by atoms with Crippen molar-refractivity contribution in [1.29, 1.82) is 0 Å². The minimum absolute atomic E-state index is 0.0821. The molecule has 1 heterocycles. The number of fused-ring (bicyclic) bond motifs is 1. The zero-order valence-electron chi connectivity index (χ0n) is 8.77. The molecule has 3 heteroatoms. The van der Waals surface area contributed by atoms with Gasteiger partial charge in [-0.05, 0) is 12.1 Å². The SMILES string of the molecule is CC.O=C(O)c1ccc2ccccc2n1. The Morgan fingerprint density at radius 2 is 1.80 bits per heavy atom. The van der Waals surface area contributed by atoms with E-state index in [1.807, 2.05) is 32.0 Å². The summed E-state index contributed by atoms with van der Waals surface area (Å²) in [5.74, 6) is -0.995. The maximum atomic E-state index is 10.6. The number of aromatic nitrogens is 1. The molecule has 0 unspecified atom stereocenters. The van der Waals surface area contributed by atoms with E-state index in [2.05, 4.69) is 4.98 Å². The Kier molecular flexibility index (Phi) is 3.80. The van der Waals surface area contributed by atoms with Crippen molar-refractivity contribution in [2.45, 2.75) is 13.8 Å². The van der Waals surface area contributed by atoms with Crippen LogP contribution in [0.25, 0.3) is 10.9 Å². The van der Waals surface area contributed by atoms with E-state index in [9.17, 15) is 4.79 Å². The fourth-order valence-corrected chi connectivity index (χ4v) is 1.19. The van der Waals surface area contributed by atoms with Crippen molar-refractivity contribution in [3.05, 3.63) is 42.1 Å². The van der Waals surface area contributed by atoms with E-state index in [0.29, 0.717) is 5.52 Å². The number of aromatic carboxylic acids is 1. The number of rotatable bonds is 1. The van der Waals surface area contributed by atoms with Gasteiger partial charge < -0.3 is 5.11 Å². The number of hydrogen-bond donors (Lipinski definition) is 1. The fourth-order valence-electron chi connectivity index (χ4n) is 1.19. The molecule has 0 aliphatic carbocycles.